The zero-order valence-electron chi connectivity index (χ0n) is 10.3. The SMILES string of the molecule is CCCC1OCC(c2ccc(Cl)cc2)C1C(=O)O. The Morgan fingerprint density at radius 2 is 2.11 bits per heavy atom. The Morgan fingerprint density at radius 1 is 1.44 bits per heavy atom. The van der Waals surface area contributed by atoms with E-state index < -0.39 is 11.9 Å². The normalized spacial score (nSPS) is 27.3. The molecule has 1 N–H and O–H groups in total. The van der Waals surface area contributed by atoms with E-state index in [1.165, 1.54) is 0 Å². The van der Waals surface area contributed by atoms with Gasteiger partial charge in [0.15, 0.2) is 0 Å². The maximum Gasteiger partial charge on any atom is 0.309 e. The van der Waals surface area contributed by atoms with Gasteiger partial charge in [-0.2, -0.15) is 0 Å². The van der Waals surface area contributed by atoms with Gasteiger partial charge in [0, 0.05) is 10.9 Å². The lowest BCUT2D eigenvalue weighted by molar-refractivity contribution is -0.144. The van der Waals surface area contributed by atoms with Gasteiger partial charge in [-0.15, -0.1) is 0 Å². The maximum atomic E-state index is 11.4. The quantitative estimate of drug-likeness (QED) is 0.911. The molecule has 1 aromatic carbocycles. The van der Waals surface area contributed by atoms with Crippen molar-refractivity contribution < 1.29 is 14.6 Å². The van der Waals surface area contributed by atoms with Gasteiger partial charge in [0.05, 0.1) is 18.6 Å². The van der Waals surface area contributed by atoms with Crippen LogP contribution < -0.4 is 0 Å². The minimum atomic E-state index is -0.772. The Kier molecular flexibility index (Phi) is 4.25. The number of carboxylic acids is 1. The van der Waals surface area contributed by atoms with Gasteiger partial charge in [0.1, 0.15) is 0 Å². The van der Waals surface area contributed by atoms with Crippen LogP contribution in [-0.4, -0.2) is 23.8 Å². The molecular formula is C14H17ClO3. The van der Waals surface area contributed by atoms with Gasteiger partial charge in [0.2, 0.25) is 0 Å². The number of hydrogen-bond acceptors (Lipinski definition) is 2. The number of benzene rings is 1. The first-order valence-electron chi connectivity index (χ1n) is 6.23. The maximum absolute atomic E-state index is 11.4. The summed E-state index contributed by atoms with van der Waals surface area (Å²) in [5.74, 6) is -1.30. The Labute approximate surface area is 112 Å². The minimum absolute atomic E-state index is 0.0729. The summed E-state index contributed by atoms with van der Waals surface area (Å²) in [5.41, 5.74) is 0.991. The molecule has 4 heteroatoms. The number of rotatable bonds is 4. The highest BCUT2D eigenvalue weighted by Crippen LogP contribution is 2.37. The Hall–Kier alpha value is -1.06. The van der Waals surface area contributed by atoms with E-state index in [0.717, 1.165) is 18.4 Å². The van der Waals surface area contributed by atoms with Crippen molar-refractivity contribution in [2.45, 2.75) is 31.8 Å². The molecule has 3 unspecified atom stereocenters. The lowest BCUT2D eigenvalue weighted by atomic mass is 9.84. The molecule has 1 aromatic rings. The Morgan fingerprint density at radius 3 is 2.67 bits per heavy atom. The molecule has 0 aromatic heterocycles. The predicted molar refractivity (Wildman–Crippen MR) is 70.0 cm³/mol. The van der Waals surface area contributed by atoms with Crippen LogP contribution in [0.25, 0.3) is 0 Å². The number of carbonyl (C=O) groups is 1. The average molecular weight is 269 g/mol. The van der Waals surface area contributed by atoms with Crippen LogP contribution in [0.1, 0.15) is 31.2 Å². The van der Waals surface area contributed by atoms with Crippen molar-refractivity contribution in [2.24, 2.45) is 5.92 Å². The second kappa shape index (κ2) is 5.72. The fourth-order valence-corrected chi connectivity index (χ4v) is 2.71. The van der Waals surface area contributed by atoms with Crippen LogP contribution in [0.2, 0.25) is 5.02 Å². The Balaban J connectivity index is 2.22. The van der Waals surface area contributed by atoms with E-state index in [-0.39, 0.29) is 12.0 Å². The third-order valence-corrected chi connectivity index (χ3v) is 3.73. The van der Waals surface area contributed by atoms with E-state index in [1.807, 2.05) is 19.1 Å². The highest BCUT2D eigenvalue weighted by atomic mass is 35.5. The average Bonchev–Trinajstić information content (AvgIpc) is 2.74. The predicted octanol–water partition coefficient (Wildman–Crippen LogP) is 3.32. The van der Waals surface area contributed by atoms with E-state index >= 15 is 0 Å². The molecular weight excluding hydrogens is 252 g/mol. The van der Waals surface area contributed by atoms with Crippen molar-refractivity contribution in [1.82, 2.24) is 0 Å². The van der Waals surface area contributed by atoms with Crippen LogP contribution in [-0.2, 0) is 9.53 Å². The zero-order valence-corrected chi connectivity index (χ0v) is 11.1. The lowest BCUT2D eigenvalue weighted by Gasteiger charge is -2.18. The molecule has 0 bridgehead atoms. The van der Waals surface area contributed by atoms with E-state index in [4.69, 9.17) is 16.3 Å². The molecule has 0 radical (unpaired) electrons. The number of halogens is 1. The first-order valence-corrected chi connectivity index (χ1v) is 6.61. The molecule has 98 valence electrons. The number of carboxylic acid groups (broad SMARTS) is 1. The van der Waals surface area contributed by atoms with Gasteiger partial charge in [0.25, 0.3) is 0 Å². The molecule has 0 spiro atoms. The summed E-state index contributed by atoms with van der Waals surface area (Å²) < 4.78 is 5.65. The molecule has 1 heterocycles. The molecule has 1 saturated heterocycles. The molecule has 3 nitrogen and oxygen atoms in total. The highest BCUT2D eigenvalue weighted by Gasteiger charge is 2.42. The molecule has 0 aliphatic carbocycles. The zero-order chi connectivity index (χ0) is 13.1. The van der Waals surface area contributed by atoms with Crippen molar-refractivity contribution in [3.63, 3.8) is 0 Å². The summed E-state index contributed by atoms with van der Waals surface area (Å²) in [6.07, 6.45) is 1.55. The topological polar surface area (TPSA) is 46.5 Å². The first kappa shape index (κ1) is 13.4. The van der Waals surface area contributed by atoms with Crippen molar-refractivity contribution in [3.8, 4) is 0 Å². The van der Waals surface area contributed by atoms with Crippen molar-refractivity contribution in [1.29, 1.82) is 0 Å². The minimum Gasteiger partial charge on any atom is -0.481 e. The number of aliphatic carboxylic acids is 1. The highest BCUT2D eigenvalue weighted by molar-refractivity contribution is 6.30. The fraction of sp³-hybridized carbons (Fsp3) is 0.500. The molecule has 1 fully saturated rings. The standard InChI is InChI=1S/C14H17ClO3/c1-2-3-12-13(14(16)17)11(8-18-12)9-4-6-10(15)7-5-9/h4-7,11-13H,2-3,8H2,1H3,(H,16,17). The van der Waals surface area contributed by atoms with Crippen LogP contribution in [0.15, 0.2) is 24.3 Å². The monoisotopic (exact) mass is 268 g/mol. The number of ether oxygens (including phenoxy) is 1. The third kappa shape index (κ3) is 2.68. The molecule has 18 heavy (non-hydrogen) atoms. The number of hydrogen-bond donors (Lipinski definition) is 1. The van der Waals surface area contributed by atoms with E-state index in [0.29, 0.717) is 11.6 Å². The lowest BCUT2D eigenvalue weighted by Crippen LogP contribution is -2.27. The molecule has 3 atom stereocenters. The van der Waals surface area contributed by atoms with Gasteiger partial charge in [-0.05, 0) is 24.1 Å². The molecule has 0 amide bonds. The van der Waals surface area contributed by atoms with Gasteiger partial charge in [-0.25, -0.2) is 0 Å². The van der Waals surface area contributed by atoms with E-state index in [9.17, 15) is 9.90 Å². The molecule has 1 aliphatic heterocycles. The first-order chi connectivity index (χ1) is 8.63. The molecule has 2 rings (SSSR count). The van der Waals surface area contributed by atoms with Gasteiger partial charge in [-0.3, -0.25) is 4.79 Å². The van der Waals surface area contributed by atoms with Gasteiger partial charge < -0.3 is 9.84 Å². The Bertz CT molecular complexity index is 416. The van der Waals surface area contributed by atoms with Crippen LogP contribution in [0.3, 0.4) is 0 Å². The van der Waals surface area contributed by atoms with Crippen LogP contribution in [0.4, 0.5) is 0 Å². The third-order valence-electron chi connectivity index (χ3n) is 3.48. The summed E-state index contributed by atoms with van der Waals surface area (Å²) >= 11 is 5.85. The summed E-state index contributed by atoms with van der Waals surface area (Å²) in [5, 5.41) is 10.1. The van der Waals surface area contributed by atoms with E-state index in [1.54, 1.807) is 12.1 Å². The van der Waals surface area contributed by atoms with Gasteiger partial charge in [-0.1, -0.05) is 37.1 Å². The second-order valence-corrected chi connectivity index (χ2v) is 5.12. The summed E-state index contributed by atoms with van der Waals surface area (Å²) in [4.78, 5) is 11.4. The second-order valence-electron chi connectivity index (χ2n) is 4.68. The summed E-state index contributed by atoms with van der Waals surface area (Å²) in [6.45, 7) is 2.52. The fourth-order valence-electron chi connectivity index (χ4n) is 2.59. The van der Waals surface area contributed by atoms with Crippen LogP contribution in [0, 0.1) is 5.92 Å². The largest absolute Gasteiger partial charge is 0.481 e. The van der Waals surface area contributed by atoms with Crippen molar-refractivity contribution in [2.75, 3.05) is 6.61 Å². The van der Waals surface area contributed by atoms with Gasteiger partial charge >= 0.3 is 5.97 Å². The van der Waals surface area contributed by atoms with E-state index in [2.05, 4.69) is 0 Å². The van der Waals surface area contributed by atoms with Crippen LogP contribution in [0.5, 0.6) is 0 Å². The van der Waals surface area contributed by atoms with Crippen LogP contribution >= 0.6 is 11.6 Å². The summed E-state index contributed by atoms with van der Waals surface area (Å²) in [6, 6.07) is 7.37. The molecule has 1 aliphatic rings. The smallest absolute Gasteiger partial charge is 0.309 e. The van der Waals surface area contributed by atoms with Crippen molar-refractivity contribution in [3.05, 3.63) is 34.9 Å². The molecule has 0 saturated carbocycles. The van der Waals surface area contributed by atoms with Crippen molar-refractivity contribution >= 4 is 17.6 Å². The summed E-state index contributed by atoms with van der Waals surface area (Å²) in [7, 11) is 0.